The SMILES string of the molecule is CCC(C)NC(=O)Cn1c(=O)oc2cc(CO)ccc21. The van der Waals surface area contributed by atoms with E-state index in [9.17, 15) is 9.59 Å². The maximum atomic E-state index is 11.8. The van der Waals surface area contributed by atoms with E-state index < -0.39 is 5.76 Å². The summed E-state index contributed by atoms with van der Waals surface area (Å²) >= 11 is 0. The topological polar surface area (TPSA) is 84.5 Å². The number of aromatic nitrogens is 1. The van der Waals surface area contributed by atoms with Crippen LogP contribution in [0.2, 0.25) is 0 Å². The number of carbonyl (C=O) groups is 1. The molecule has 1 unspecified atom stereocenters. The number of fused-ring (bicyclic) bond motifs is 1. The standard InChI is InChI=1S/C14H18N2O4/c1-3-9(2)15-13(18)7-16-11-5-4-10(8-17)6-12(11)20-14(16)19/h4-6,9,17H,3,7-8H2,1-2H3,(H,15,18). The Bertz CT molecular complexity index is 671. The first kappa shape index (κ1) is 14.3. The van der Waals surface area contributed by atoms with E-state index in [-0.39, 0.29) is 25.1 Å². The molecule has 0 aliphatic heterocycles. The molecule has 1 aromatic carbocycles. The molecule has 0 saturated carbocycles. The number of amides is 1. The molecular formula is C14H18N2O4. The Labute approximate surface area is 116 Å². The zero-order valence-corrected chi connectivity index (χ0v) is 11.5. The van der Waals surface area contributed by atoms with Crippen molar-refractivity contribution >= 4 is 17.0 Å². The van der Waals surface area contributed by atoms with Crippen molar-refractivity contribution in [2.45, 2.75) is 39.5 Å². The Morgan fingerprint density at radius 1 is 1.50 bits per heavy atom. The van der Waals surface area contributed by atoms with E-state index in [2.05, 4.69) is 5.32 Å². The fraction of sp³-hybridized carbons (Fsp3) is 0.429. The molecule has 2 rings (SSSR count). The van der Waals surface area contributed by atoms with Crippen LogP contribution in [0.5, 0.6) is 0 Å². The minimum absolute atomic E-state index is 0.0670. The highest BCUT2D eigenvalue weighted by molar-refractivity contribution is 5.80. The average Bonchev–Trinajstić information content (AvgIpc) is 2.73. The second-order valence-electron chi connectivity index (χ2n) is 4.79. The molecule has 6 heteroatoms. The first-order valence-corrected chi connectivity index (χ1v) is 6.57. The van der Waals surface area contributed by atoms with Crippen molar-refractivity contribution in [2.75, 3.05) is 0 Å². The van der Waals surface area contributed by atoms with Crippen molar-refractivity contribution in [2.24, 2.45) is 0 Å². The lowest BCUT2D eigenvalue weighted by Gasteiger charge is -2.11. The molecule has 20 heavy (non-hydrogen) atoms. The highest BCUT2D eigenvalue weighted by atomic mass is 16.4. The van der Waals surface area contributed by atoms with Crippen molar-refractivity contribution in [1.29, 1.82) is 0 Å². The van der Waals surface area contributed by atoms with Crippen LogP contribution in [-0.2, 0) is 17.9 Å². The maximum Gasteiger partial charge on any atom is 0.420 e. The molecule has 2 N–H and O–H groups in total. The van der Waals surface area contributed by atoms with Crippen LogP contribution in [-0.4, -0.2) is 21.6 Å². The molecule has 6 nitrogen and oxygen atoms in total. The molecule has 1 heterocycles. The first-order chi connectivity index (χ1) is 9.55. The number of aliphatic hydroxyl groups is 1. The third kappa shape index (κ3) is 2.91. The molecule has 0 aliphatic carbocycles. The van der Waals surface area contributed by atoms with Gasteiger partial charge in [-0.25, -0.2) is 4.79 Å². The smallest absolute Gasteiger partial charge is 0.408 e. The van der Waals surface area contributed by atoms with Gasteiger partial charge in [0.2, 0.25) is 5.91 Å². The molecule has 0 aliphatic rings. The minimum atomic E-state index is -0.575. The zero-order chi connectivity index (χ0) is 14.7. The Morgan fingerprint density at radius 3 is 2.90 bits per heavy atom. The minimum Gasteiger partial charge on any atom is -0.408 e. The van der Waals surface area contributed by atoms with Crippen LogP contribution in [0.25, 0.3) is 11.1 Å². The van der Waals surface area contributed by atoms with Crippen molar-refractivity contribution < 1.29 is 14.3 Å². The average molecular weight is 278 g/mol. The van der Waals surface area contributed by atoms with E-state index in [1.54, 1.807) is 18.2 Å². The van der Waals surface area contributed by atoms with E-state index in [0.29, 0.717) is 16.7 Å². The van der Waals surface area contributed by atoms with Gasteiger partial charge in [-0.3, -0.25) is 9.36 Å². The third-order valence-corrected chi connectivity index (χ3v) is 3.24. The number of nitrogens with one attached hydrogen (secondary N) is 1. The molecule has 1 atom stereocenters. The lowest BCUT2D eigenvalue weighted by Crippen LogP contribution is -2.36. The zero-order valence-electron chi connectivity index (χ0n) is 11.5. The van der Waals surface area contributed by atoms with Crippen LogP contribution < -0.4 is 11.1 Å². The van der Waals surface area contributed by atoms with Crippen LogP contribution in [0, 0.1) is 0 Å². The van der Waals surface area contributed by atoms with E-state index in [1.165, 1.54) is 4.57 Å². The predicted octanol–water partition coefficient (Wildman–Crippen LogP) is 1.00. The molecule has 2 aromatic rings. The summed E-state index contributed by atoms with van der Waals surface area (Å²) in [6.07, 6.45) is 0.826. The summed E-state index contributed by atoms with van der Waals surface area (Å²) < 4.78 is 6.38. The Kier molecular flexibility index (Phi) is 4.24. The summed E-state index contributed by atoms with van der Waals surface area (Å²) in [5.74, 6) is -0.801. The number of nitrogens with zero attached hydrogens (tertiary/aromatic N) is 1. The lowest BCUT2D eigenvalue weighted by molar-refractivity contribution is -0.122. The van der Waals surface area contributed by atoms with Crippen LogP contribution >= 0.6 is 0 Å². The van der Waals surface area contributed by atoms with Gasteiger partial charge in [0.15, 0.2) is 5.58 Å². The molecule has 1 aromatic heterocycles. The Balaban J connectivity index is 2.28. The summed E-state index contributed by atoms with van der Waals surface area (Å²) in [6, 6.07) is 5.03. The van der Waals surface area contributed by atoms with Gasteiger partial charge < -0.3 is 14.8 Å². The quantitative estimate of drug-likeness (QED) is 0.854. The predicted molar refractivity (Wildman–Crippen MR) is 74.3 cm³/mol. The van der Waals surface area contributed by atoms with Crippen molar-refractivity contribution in [3.8, 4) is 0 Å². The summed E-state index contributed by atoms with van der Waals surface area (Å²) in [5.41, 5.74) is 1.58. The number of hydrogen-bond donors (Lipinski definition) is 2. The number of oxazole rings is 1. The van der Waals surface area contributed by atoms with Crippen LogP contribution in [0.15, 0.2) is 27.4 Å². The molecule has 108 valence electrons. The fourth-order valence-electron chi connectivity index (χ4n) is 1.92. The summed E-state index contributed by atoms with van der Waals surface area (Å²) in [5, 5.41) is 11.9. The van der Waals surface area contributed by atoms with Crippen LogP contribution in [0.3, 0.4) is 0 Å². The Morgan fingerprint density at radius 2 is 2.25 bits per heavy atom. The highest BCUT2D eigenvalue weighted by Gasteiger charge is 2.14. The second-order valence-corrected chi connectivity index (χ2v) is 4.79. The molecule has 0 fully saturated rings. The van der Waals surface area contributed by atoms with E-state index in [1.807, 2.05) is 13.8 Å². The molecule has 0 radical (unpaired) electrons. The summed E-state index contributed by atoms with van der Waals surface area (Å²) in [4.78, 5) is 23.6. The van der Waals surface area contributed by atoms with Gasteiger partial charge in [-0.1, -0.05) is 13.0 Å². The van der Waals surface area contributed by atoms with E-state index >= 15 is 0 Å². The van der Waals surface area contributed by atoms with E-state index in [0.717, 1.165) is 6.42 Å². The number of rotatable bonds is 5. The first-order valence-electron chi connectivity index (χ1n) is 6.57. The second kappa shape index (κ2) is 5.92. The van der Waals surface area contributed by atoms with Gasteiger partial charge in [0.05, 0.1) is 12.1 Å². The van der Waals surface area contributed by atoms with Crippen LogP contribution in [0.4, 0.5) is 0 Å². The number of hydrogen-bond acceptors (Lipinski definition) is 4. The molecule has 1 amide bonds. The molecule has 0 bridgehead atoms. The summed E-state index contributed by atoms with van der Waals surface area (Å²) in [7, 11) is 0. The molecular weight excluding hydrogens is 260 g/mol. The largest absolute Gasteiger partial charge is 0.420 e. The molecule has 0 saturated heterocycles. The van der Waals surface area contributed by atoms with Crippen LogP contribution in [0.1, 0.15) is 25.8 Å². The molecule has 0 spiro atoms. The van der Waals surface area contributed by atoms with Crippen molar-refractivity contribution in [3.05, 3.63) is 34.3 Å². The van der Waals surface area contributed by atoms with Gasteiger partial charge in [0.1, 0.15) is 6.54 Å². The Hall–Kier alpha value is -2.08. The van der Waals surface area contributed by atoms with Crippen molar-refractivity contribution in [1.82, 2.24) is 9.88 Å². The van der Waals surface area contributed by atoms with Gasteiger partial charge in [-0.15, -0.1) is 0 Å². The maximum absolute atomic E-state index is 11.8. The van der Waals surface area contributed by atoms with Gasteiger partial charge in [-0.2, -0.15) is 0 Å². The van der Waals surface area contributed by atoms with E-state index in [4.69, 9.17) is 9.52 Å². The van der Waals surface area contributed by atoms with Gasteiger partial charge in [0.25, 0.3) is 0 Å². The van der Waals surface area contributed by atoms with Gasteiger partial charge in [0, 0.05) is 6.04 Å². The van der Waals surface area contributed by atoms with Crippen molar-refractivity contribution in [3.63, 3.8) is 0 Å². The lowest BCUT2D eigenvalue weighted by atomic mass is 10.2. The highest BCUT2D eigenvalue weighted by Crippen LogP contribution is 2.15. The van der Waals surface area contributed by atoms with Gasteiger partial charge in [-0.05, 0) is 31.0 Å². The number of aliphatic hydroxyl groups excluding tert-OH is 1. The summed E-state index contributed by atoms with van der Waals surface area (Å²) in [6.45, 7) is 3.68. The third-order valence-electron chi connectivity index (χ3n) is 3.24. The van der Waals surface area contributed by atoms with Gasteiger partial charge >= 0.3 is 5.76 Å². The number of carbonyl (C=O) groups excluding carboxylic acids is 1. The normalized spacial score (nSPS) is 12.6. The monoisotopic (exact) mass is 278 g/mol. The number of benzene rings is 1. The fourth-order valence-corrected chi connectivity index (χ4v) is 1.92.